The molecule has 1 saturated heterocycles. The smallest absolute Gasteiger partial charge is 0.409 e. The van der Waals surface area contributed by atoms with Gasteiger partial charge in [0, 0.05) is 31.7 Å². The number of rotatable bonds is 5. The second-order valence-electron chi connectivity index (χ2n) is 6.59. The maximum atomic E-state index is 12.5. The van der Waals surface area contributed by atoms with Gasteiger partial charge in [-0.3, -0.25) is 4.79 Å². The highest BCUT2D eigenvalue weighted by molar-refractivity contribution is 7.99. The number of ether oxygens (including phenoxy) is 3. The van der Waals surface area contributed by atoms with Crippen LogP contribution in [0.5, 0.6) is 11.5 Å². The Kier molecular flexibility index (Phi) is 6.26. The molecule has 10 nitrogen and oxygen atoms in total. The number of aromatic nitrogens is 2. The first-order valence-electron chi connectivity index (χ1n) is 9.70. The van der Waals surface area contributed by atoms with Crippen molar-refractivity contribution in [3.8, 4) is 23.0 Å². The van der Waals surface area contributed by atoms with Crippen molar-refractivity contribution in [2.24, 2.45) is 0 Å². The van der Waals surface area contributed by atoms with E-state index in [4.69, 9.17) is 18.6 Å². The largest absolute Gasteiger partial charge is 0.486 e. The summed E-state index contributed by atoms with van der Waals surface area (Å²) in [6.07, 6.45) is -0.337. The molecule has 0 unspecified atom stereocenters. The van der Waals surface area contributed by atoms with Crippen LogP contribution < -0.4 is 9.47 Å². The van der Waals surface area contributed by atoms with Gasteiger partial charge in [-0.2, -0.15) is 0 Å². The van der Waals surface area contributed by atoms with Crippen LogP contribution in [0.4, 0.5) is 4.79 Å². The molecule has 2 aromatic rings. The predicted molar refractivity (Wildman–Crippen MR) is 107 cm³/mol. The summed E-state index contributed by atoms with van der Waals surface area (Å²) in [4.78, 5) is 27.5. The van der Waals surface area contributed by atoms with E-state index in [1.807, 2.05) is 6.07 Å². The van der Waals surface area contributed by atoms with Gasteiger partial charge in [0.1, 0.15) is 13.2 Å². The Labute approximate surface area is 177 Å². The fourth-order valence-electron chi connectivity index (χ4n) is 3.13. The molecule has 2 aliphatic heterocycles. The van der Waals surface area contributed by atoms with Gasteiger partial charge in [-0.25, -0.2) is 4.79 Å². The molecule has 1 aromatic carbocycles. The zero-order valence-corrected chi connectivity index (χ0v) is 17.4. The van der Waals surface area contributed by atoms with Crippen LogP contribution in [-0.2, 0) is 9.53 Å². The molecule has 3 heterocycles. The van der Waals surface area contributed by atoms with E-state index in [0.717, 1.165) is 5.56 Å². The number of carbonyl (C=O) groups excluding carboxylic acids is 2. The fraction of sp³-hybridized carbons (Fsp3) is 0.474. The zero-order chi connectivity index (χ0) is 20.9. The Bertz CT molecular complexity index is 912. The SMILES string of the molecule is CCOC(=O)N1CCN(C(=O)CSc2nnc(-c3ccc4c(c3)OCCO4)o2)CC1. The molecule has 1 fully saturated rings. The third-order valence-electron chi connectivity index (χ3n) is 4.67. The number of benzene rings is 1. The molecule has 30 heavy (non-hydrogen) atoms. The van der Waals surface area contributed by atoms with Crippen LogP contribution in [0.25, 0.3) is 11.5 Å². The molecule has 0 N–H and O–H groups in total. The number of thioether (sulfide) groups is 1. The number of hydrogen-bond acceptors (Lipinski definition) is 9. The van der Waals surface area contributed by atoms with Crippen molar-refractivity contribution < 1.29 is 28.2 Å². The summed E-state index contributed by atoms with van der Waals surface area (Å²) in [6.45, 7) is 5.01. The zero-order valence-electron chi connectivity index (χ0n) is 16.5. The third kappa shape index (κ3) is 4.61. The summed E-state index contributed by atoms with van der Waals surface area (Å²) < 4.78 is 21.7. The summed E-state index contributed by atoms with van der Waals surface area (Å²) in [5, 5.41) is 8.39. The maximum Gasteiger partial charge on any atom is 0.409 e. The Morgan fingerprint density at radius 1 is 1.07 bits per heavy atom. The first kappa shape index (κ1) is 20.3. The van der Waals surface area contributed by atoms with Crippen molar-refractivity contribution in [3.63, 3.8) is 0 Å². The molecule has 0 saturated carbocycles. The highest BCUT2D eigenvalue weighted by Crippen LogP contribution is 2.34. The van der Waals surface area contributed by atoms with Crippen molar-refractivity contribution in [3.05, 3.63) is 18.2 Å². The van der Waals surface area contributed by atoms with Gasteiger partial charge in [0.05, 0.1) is 12.4 Å². The maximum absolute atomic E-state index is 12.5. The molecular formula is C19H22N4O6S. The van der Waals surface area contributed by atoms with E-state index in [1.54, 1.807) is 28.9 Å². The number of hydrogen-bond donors (Lipinski definition) is 0. The molecule has 0 aliphatic carbocycles. The molecule has 0 spiro atoms. The van der Waals surface area contributed by atoms with E-state index in [9.17, 15) is 9.59 Å². The van der Waals surface area contributed by atoms with Gasteiger partial charge < -0.3 is 28.4 Å². The number of carbonyl (C=O) groups is 2. The molecule has 0 atom stereocenters. The van der Waals surface area contributed by atoms with Crippen molar-refractivity contribution in [1.82, 2.24) is 20.0 Å². The summed E-state index contributed by atoms with van der Waals surface area (Å²) in [6, 6.07) is 5.43. The Morgan fingerprint density at radius 2 is 1.80 bits per heavy atom. The Morgan fingerprint density at radius 3 is 2.57 bits per heavy atom. The van der Waals surface area contributed by atoms with E-state index in [1.165, 1.54) is 11.8 Å². The monoisotopic (exact) mass is 434 g/mol. The van der Waals surface area contributed by atoms with E-state index in [2.05, 4.69) is 10.2 Å². The summed E-state index contributed by atoms with van der Waals surface area (Å²) in [5.41, 5.74) is 0.722. The summed E-state index contributed by atoms with van der Waals surface area (Å²) in [5.74, 6) is 1.82. The van der Waals surface area contributed by atoms with Crippen LogP contribution in [0.1, 0.15) is 6.92 Å². The van der Waals surface area contributed by atoms with Crippen molar-refractivity contribution in [2.45, 2.75) is 12.1 Å². The first-order chi connectivity index (χ1) is 14.6. The van der Waals surface area contributed by atoms with Gasteiger partial charge >= 0.3 is 6.09 Å². The Balaban J connectivity index is 1.29. The average Bonchev–Trinajstić information content (AvgIpc) is 3.26. The molecule has 2 amide bonds. The third-order valence-corrected chi connectivity index (χ3v) is 5.48. The van der Waals surface area contributed by atoms with Crippen LogP contribution in [0.3, 0.4) is 0 Å². The lowest BCUT2D eigenvalue weighted by Crippen LogP contribution is -2.51. The molecular weight excluding hydrogens is 412 g/mol. The molecule has 11 heteroatoms. The topological polar surface area (TPSA) is 107 Å². The van der Waals surface area contributed by atoms with Crippen molar-refractivity contribution >= 4 is 23.8 Å². The standard InChI is InChI=1S/C19H22N4O6S/c1-2-26-19(25)23-7-5-22(6-8-23)16(24)12-30-18-21-20-17(29-18)13-3-4-14-15(11-13)28-10-9-27-14/h3-4,11H,2,5-10,12H2,1H3. The highest BCUT2D eigenvalue weighted by atomic mass is 32.2. The van der Waals surface area contributed by atoms with Crippen LogP contribution in [0.15, 0.2) is 27.8 Å². The summed E-state index contributed by atoms with van der Waals surface area (Å²) >= 11 is 1.19. The molecule has 1 aromatic heterocycles. The van der Waals surface area contributed by atoms with Gasteiger partial charge in [-0.15, -0.1) is 10.2 Å². The number of amides is 2. The molecule has 160 valence electrons. The van der Waals surface area contributed by atoms with Crippen LogP contribution >= 0.6 is 11.8 Å². The number of nitrogens with zero attached hydrogens (tertiary/aromatic N) is 4. The fourth-order valence-corrected chi connectivity index (χ4v) is 3.80. The van der Waals surface area contributed by atoms with Crippen molar-refractivity contribution in [1.29, 1.82) is 0 Å². The Hall–Kier alpha value is -2.95. The minimum absolute atomic E-state index is 0.0393. The summed E-state index contributed by atoms with van der Waals surface area (Å²) in [7, 11) is 0. The number of piperazine rings is 1. The lowest BCUT2D eigenvalue weighted by Gasteiger charge is -2.33. The highest BCUT2D eigenvalue weighted by Gasteiger charge is 2.25. The van der Waals surface area contributed by atoms with Crippen molar-refractivity contribution in [2.75, 3.05) is 51.8 Å². The average molecular weight is 434 g/mol. The molecule has 0 bridgehead atoms. The lowest BCUT2D eigenvalue weighted by molar-refractivity contribution is -0.129. The minimum atomic E-state index is -0.337. The molecule has 4 rings (SSSR count). The number of fused-ring (bicyclic) bond motifs is 1. The van der Waals surface area contributed by atoms with E-state index >= 15 is 0 Å². The second kappa shape index (κ2) is 9.24. The minimum Gasteiger partial charge on any atom is -0.486 e. The van der Waals surface area contributed by atoms with Gasteiger partial charge in [0.25, 0.3) is 5.22 Å². The first-order valence-corrected chi connectivity index (χ1v) is 10.7. The van der Waals surface area contributed by atoms with Gasteiger partial charge in [-0.05, 0) is 25.1 Å². The van der Waals surface area contributed by atoms with E-state index in [-0.39, 0.29) is 17.8 Å². The van der Waals surface area contributed by atoms with Crippen LogP contribution in [0, 0.1) is 0 Å². The van der Waals surface area contributed by atoms with Gasteiger partial charge in [0.2, 0.25) is 11.8 Å². The second-order valence-corrected chi connectivity index (χ2v) is 7.51. The lowest BCUT2D eigenvalue weighted by atomic mass is 10.2. The quantitative estimate of drug-likeness (QED) is 0.652. The predicted octanol–water partition coefficient (Wildman–Crippen LogP) is 1.90. The van der Waals surface area contributed by atoms with Crippen LogP contribution in [-0.4, -0.2) is 83.8 Å². The molecule has 2 aliphatic rings. The van der Waals surface area contributed by atoms with Gasteiger partial charge in [0.15, 0.2) is 11.5 Å². The molecule has 0 radical (unpaired) electrons. The van der Waals surface area contributed by atoms with Crippen LogP contribution in [0.2, 0.25) is 0 Å². The van der Waals surface area contributed by atoms with E-state index < -0.39 is 0 Å². The van der Waals surface area contributed by atoms with E-state index in [0.29, 0.717) is 68.6 Å². The normalized spacial score (nSPS) is 15.8. The van der Waals surface area contributed by atoms with Gasteiger partial charge in [-0.1, -0.05) is 11.8 Å².